The summed E-state index contributed by atoms with van der Waals surface area (Å²) in [6.45, 7) is 2.81. The first kappa shape index (κ1) is 41.1. The minimum absolute atomic E-state index is 0.0659. The second-order valence-electron chi connectivity index (χ2n) is 14.1. The average Bonchev–Trinajstić information content (AvgIpc) is 3.70. The zero-order chi connectivity index (χ0) is 41.0. The highest BCUT2D eigenvalue weighted by molar-refractivity contribution is 7.85. The predicted octanol–water partition coefficient (Wildman–Crippen LogP) is 4.44. The number of likely N-dealkylation sites (N-methyl/N-ethyl adjacent to an activating group) is 1. The molecule has 1 aliphatic carbocycles. The first-order valence-electron chi connectivity index (χ1n) is 17.3. The summed E-state index contributed by atoms with van der Waals surface area (Å²) >= 11 is 0. The lowest BCUT2D eigenvalue weighted by atomic mass is 9.79. The number of aromatic nitrogens is 4. The molecule has 5 aromatic rings. The van der Waals surface area contributed by atoms with E-state index in [0.29, 0.717) is 40.8 Å². The molecular formula is C38H39F3N8O6S. The van der Waals surface area contributed by atoms with Crippen LogP contribution in [0.3, 0.4) is 0 Å². The van der Waals surface area contributed by atoms with Crippen LogP contribution < -0.4 is 16.3 Å². The third-order valence-electron chi connectivity index (χ3n) is 9.00. The van der Waals surface area contributed by atoms with E-state index in [2.05, 4.69) is 15.7 Å². The number of hydrogen-bond donors (Lipinski definition) is 2. The molecule has 6 rings (SSSR count). The lowest BCUT2D eigenvalue weighted by Gasteiger charge is -2.35. The van der Waals surface area contributed by atoms with E-state index in [0.717, 1.165) is 27.8 Å². The molecule has 2 aromatic heterocycles. The Hall–Kier alpha value is -6.03. The Morgan fingerprint density at radius 3 is 2.21 bits per heavy atom. The fraction of sp³-hybridized carbons (Fsp3) is 0.289. The zero-order valence-electron chi connectivity index (χ0n) is 30.8. The summed E-state index contributed by atoms with van der Waals surface area (Å²) in [6.07, 6.45) is -2.43. The number of alkyl halides is 3. The van der Waals surface area contributed by atoms with Gasteiger partial charge in [0.05, 0.1) is 85.3 Å². The van der Waals surface area contributed by atoms with Gasteiger partial charge in [0.15, 0.2) is 0 Å². The summed E-state index contributed by atoms with van der Waals surface area (Å²) in [5.74, 6) is -0.391. The first-order chi connectivity index (χ1) is 26.3. The molecule has 2 heterocycles. The van der Waals surface area contributed by atoms with Crippen molar-refractivity contribution in [3.63, 3.8) is 0 Å². The lowest BCUT2D eigenvalue weighted by molar-refractivity contribution is -0.869. The monoisotopic (exact) mass is 792 g/mol. The van der Waals surface area contributed by atoms with Crippen LogP contribution in [0.25, 0.3) is 22.8 Å². The summed E-state index contributed by atoms with van der Waals surface area (Å²) < 4.78 is 75.7. The molecule has 18 heteroatoms. The van der Waals surface area contributed by atoms with Crippen molar-refractivity contribution in [1.82, 2.24) is 29.5 Å². The molecule has 1 aliphatic rings. The molecule has 294 valence electrons. The number of imidazole rings is 1. The first-order valence-corrected chi connectivity index (χ1v) is 18.7. The molecule has 1 fully saturated rings. The van der Waals surface area contributed by atoms with Gasteiger partial charge in [-0.05, 0) is 80.4 Å². The van der Waals surface area contributed by atoms with Gasteiger partial charge in [0.1, 0.15) is 15.8 Å². The second kappa shape index (κ2) is 16.4. The van der Waals surface area contributed by atoms with Crippen molar-refractivity contribution in [3.8, 4) is 28.8 Å². The van der Waals surface area contributed by atoms with E-state index in [1.165, 1.54) is 54.2 Å². The van der Waals surface area contributed by atoms with Gasteiger partial charge in [0.25, 0.3) is 0 Å². The number of rotatable bonds is 9. The molecule has 2 amide bonds. The maximum Gasteiger partial charge on any atom is 0.416 e. The minimum atomic E-state index is -4.65. The Balaban J connectivity index is 0.000000522. The van der Waals surface area contributed by atoms with E-state index >= 15 is 0 Å². The summed E-state index contributed by atoms with van der Waals surface area (Å²) in [4.78, 5) is 40.1. The summed E-state index contributed by atoms with van der Waals surface area (Å²) in [6, 6.07) is 20.4. The molecule has 0 bridgehead atoms. The van der Waals surface area contributed by atoms with Gasteiger partial charge in [-0.15, -0.1) is 0 Å². The van der Waals surface area contributed by atoms with Gasteiger partial charge < -0.3 is 19.7 Å². The van der Waals surface area contributed by atoms with Gasteiger partial charge in [-0.3, -0.25) is 9.36 Å². The second-order valence-corrected chi connectivity index (χ2v) is 15.5. The minimum Gasteiger partial charge on any atom is -0.744 e. The maximum absolute atomic E-state index is 14.0. The highest BCUT2D eigenvalue weighted by atomic mass is 32.2. The third-order valence-corrected chi connectivity index (χ3v) is 9.85. The van der Waals surface area contributed by atoms with Crippen molar-refractivity contribution in [2.45, 2.75) is 36.9 Å². The number of carbonyl (C=O) groups is 2. The fourth-order valence-electron chi connectivity index (χ4n) is 6.02. The standard InChI is InChI=1S/C32H33F3N8O3.C6H6O3S/c1-20-28(27-12-13-38-42(27)25-10-8-21(19-36)9-11-25)41(31(46)40(20)26-7-5-6-23(18-26)32(33,34)35)30(45)39-24-16-22(17-24)29(44)37-14-15-43(2,3)4;7-10(8,9)6-4-2-1-3-5-6/h5-13,18,22,24H,14-17H2,1-4H3,(H-,37,39,44,45);1-5H,(H,7,8,9)/t22-,24+;. The summed E-state index contributed by atoms with van der Waals surface area (Å²) in [7, 11) is 1.82. The van der Waals surface area contributed by atoms with Crippen LogP contribution >= 0.6 is 0 Å². The molecule has 0 unspecified atom stereocenters. The number of halogens is 3. The normalized spacial score (nSPS) is 15.5. The van der Waals surface area contributed by atoms with Crippen LogP contribution in [0.2, 0.25) is 0 Å². The number of nitrogens with zero attached hydrogens (tertiary/aromatic N) is 6. The van der Waals surface area contributed by atoms with Gasteiger partial charge in [-0.1, -0.05) is 24.3 Å². The van der Waals surface area contributed by atoms with Crippen LogP contribution in [-0.4, -0.2) is 88.6 Å². The van der Waals surface area contributed by atoms with Crippen molar-refractivity contribution in [1.29, 1.82) is 5.26 Å². The van der Waals surface area contributed by atoms with E-state index in [4.69, 9.17) is 0 Å². The Morgan fingerprint density at radius 1 is 0.982 bits per heavy atom. The Morgan fingerprint density at radius 2 is 1.64 bits per heavy atom. The van der Waals surface area contributed by atoms with Crippen molar-refractivity contribution in [2.75, 3.05) is 34.2 Å². The van der Waals surface area contributed by atoms with E-state index in [1.807, 2.05) is 27.2 Å². The number of quaternary nitrogens is 1. The maximum atomic E-state index is 14.0. The third kappa shape index (κ3) is 9.60. The van der Waals surface area contributed by atoms with Crippen LogP contribution in [0, 0.1) is 24.2 Å². The smallest absolute Gasteiger partial charge is 0.416 e. The molecule has 56 heavy (non-hydrogen) atoms. The summed E-state index contributed by atoms with van der Waals surface area (Å²) in [5.41, 5.74) is -0.284. The van der Waals surface area contributed by atoms with E-state index in [1.54, 1.807) is 36.4 Å². The molecule has 14 nitrogen and oxygen atoms in total. The predicted molar refractivity (Wildman–Crippen MR) is 198 cm³/mol. The molecule has 0 atom stereocenters. The molecule has 2 N–H and O–H groups in total. The fourth-order valence-corrected chi connectivity index (χ4v) is 6.51. The number of benzene rings is 3. The molecule has 0 radical (unpaired) electrons. The number of carbonyl (C=O) groups excluding carboxylic acids is 2. The Kier molecular flexibility index (Phi) is 12.0. The number of amides is 2. The quantitative estimate of drug-likeness (QED) is 0.162. The van der Waals surface area contributed by atoms with Crippen molar-refractivity contribution in [2.24, 2.45) is 5.92 Å². The highest BCUT2D eigenvalue weighted by Gasteiger charge is 2.37. The molecule has 1 saturated carbocycles. The molecular weight excluding hydrogens is 754 g/mol. The average molecular weight is 793 g/mol. The number of nitrogens with one attached hydrogen (secondary N) is 2. The van der Waals surface area contributed by atoms with Crippen LogP contribution in [0.5, 0.6) is 0 Å². The number of hydrogen-bond acceptors (Lipinski definition) is 8. The lowest BCUT2D eigenvalue weighted by Crippen LogP contribution is -2.52. The van der Waals surface area contributed by atoms with E-state index in [9.17, 15) is 45.8 Å². The van der Waals surface area contributed by atoms with Crippen LogP contribution in [-0.2, 0) is 21.1 Å². The van der Waals surface area contributed by atoms with E-state index in [-0.39, 0.29) is 39.8 Å². The van der Waals surface area contributed by atoms with Crippen LogP contribution in [0.1, 0.15) is 29.7 Å². The van der Waals surface area contributed by atoms with E-state index < -0.39 is 33.6 Å². The summed E-state index contributed by atoms with van der Waals surface area (Å²) in [5, 5.41) is 19.3. The van der Waals surface area contributed by atoms with Gasteiger partial charge in [0.2, 0.25) is 5.91 Å². The Labute approximate surface area is 320 Å². The van der Waals surface area contributed by atoms with Crippen molar-refractivity contribution in [3.05, 3.63) is 118 Å². The molecule has 0 aliphatic heterocycles. The molecule has 0 spiro atoms. The van der Waals surface area contributed by atoms with Gasteiger partial charge in [0, 0.05) is 12.0 Å². The van der Waals surface area contributed by atoms with Crippen LogP contribution in [0.15, 0.2) is 101 Å². The molecule has 3 aromatic carbocycles. The topological polar surface area (TPSA) is 184 Å². The zero-order valence-corrected chi connectivity index (χ0v) is 31.6. The number of nitriles is 1. The highest BCUT2D eigenvalue weighted by Crippen LogP contribution is 2.33. The van der Waals surface area contributed by atoms with Crippen molar-refractivity contribution < 1.29 is 40.2 Å². The van der Waals surface area contributed by atoms with Gasteiger partial charge in [-0.25, -0.2) is 27.3 Å². The van der Waals surface area contributed by atoms with Gasteiger partial charge >= 0.3 is 17.9 Å². The Bertz CT molecular complexity index is 2420. The largest absolute Gasteiger partial charge is 0.744 e. The molecule has 0 saturated heterocycles. The van der Waals surface area contributed by atoms with Crippen molar-refractivity contribution >= 4 is 22.1 Å². The SMILES string of the molecule is Cc1c(-c2ccnn2-c2ccc(C#N)cc2)n(C(=O)N[C@H]2C[C@@H](C(=O)NCC[N+](C)(C)C)C2)c(=O)n1-c1cccc(C(F)(F)F)c1.O=S(=O)([O-])c1ccccc1. The van der Waals surface area contributed by atoms with Crippen LogP contribution in [0.4, 0.5) is 18.0 Å². The van der Waals surface area contributed by atoms with Gasteiger partial charge in [-0.2, -0.15) is 23.5 Å².